The van der Waals surface area contributed by atoms with E-state index in [-0.39, 0.29) is 5.75 Å². The third-order valence-electron chi connectivity index (χ3n) is 2.54. The summed E-state index contributed by atoms with van der Waals surface area (Å²) in [5.74, 6) is 0.596. The van der Waals surface area contributed by atoms with Gasteiger partial charge >= 0.3 is 0 Å². The Balaban J connectivity index is 2.08. The summed E-state index contributed by atoms with van der Waals surface area (Å²) >= 11 is 0. The standard InChI is InChI=1S/C15H16N2O2/c1-2-19-14-8-5-6-12(15(14)18)10-16-11-13-7-3-4-9-17-13/h3-10,18H,2,11H2,1H3. The molecule has 19 heavy (non-hydrogen) atoms. The molecule has 0 aliphatic rings. The predicted octanol–water partition coefficient (Wildman–Crippen LogP) is 2.81. The second-order valence-electron chi connectivity index (χ2n) is 3.92. The monoisotopic (exact) mass is 256 g/mol. The third-order valence-corrected chi connectivity index (χ3v) is 2.54. The lowest BCUT2D eigenvalue weighted by atomic mass is 10.2. The van der Waals surface area contributed by atoms with Crippen molar-refractivity contribution < 1.29 is 9.84 Å². The maximum Gasteiger partial charge on any atom is 0.166 e. The number of rotatable bonds is 5. The van der Waals surface area contributed by atoms with E-state index in [2.05, 4.69) is 9.98 Å². The van der Waals surface area contributed by atoms with Gasteiger partial charge in [-0.05, 0) is 31.2 Å². The summed E-state index contributed by atoms with van der Waals surface area (Å²) in [6.45, 7) is 2.88. The Kier molecular flexibility index (Phi) is 4.50. The van der Waals surface area contributed by atoms with Crippen LogP contribution in [0.15, 0.2) is 47.6 Å². The van der Waals surface area contributed by atoms with Gasteiger partial charge in [-0.1, -0.05) is 12.1 Å². The zero-order valence-electron chi connectivity index (χ0n) is 10.8. The summed E-state index contributed by atoms with van der Waals surface area (Å²) in [6, 6.07) is 11.0. The van der Waals surface area contributed by atoms with E-state index in [1.54, 1.807) is 24.5 Å². The first-order valence-corrected chi connectivity index (χ1v) is 6.15. The van der Waals surface area contributed by atoms with Gasteiger partial charge in [0, 0.05) is 18.0 Å². The van der Waals surface area contributed by atoms with Crippen LogP contribution < -0.4 is 4.74 Å². The first-order chi connectivity index (χ1) is 9.31. The van der Waals surface area contributed by atoms with Gasteiger partial charge in [0.15, 0.2) is 11.5 Å². The Labute approximate surface area is 112 Å². The van der Waals surface area contributed by atoms with E-state index >= 15 is 0 Å². The maximum absolute atomic E-state index is 9.99. The summed E-state index contributed by atoms with van der Waals surface area (Å²) in [5.41, 5.74) is 1.53. The van der Waals surface area contributed by atoms with Gasteiger partial charge in [-0.15, -0.1) is 0 Å². The van der Waals surface area contributed by atoms with Crippen LogP contribution in [-0.4, -0.2) is 22.9 Å². The Morgan fingerprint density at radius 2 is 2.16 bits per heavy atom. The first kappa shape index (κ1) is 13.1. The highest BCUT2D eigenvalue weighted by Crippen LogP contribution is 2.28. The molecule has 4 nitrogen and oxygen atoms in total. The lowest BCUT2D eigenvalue weighted by Crippen LogP contribution is -1.94. The predicted molar refractivity (Wildman–Crippen MR) is 74.8 cm³/mol. The molecule has 0 unspecified atom stereocenters. The van der Waals surface area contributed by atoms with Gasteiger partial charge in [0.2, 0.25) is 0 Å². The number of phenols is 1. The van der Waals surface area contributed by atoms with Crippen molar-refractivity contribution >= 4 is 6.21 Å². The second kappa shape index (κ2) is 6.54. The van der Waals surface area contributed by atoms with E-state index in [4.69, 9.17) is 4.74 Å². The molecular formula is C15H16N2O2. The van der Waals surface area contributed by atoms with Crippen LogP contribution >= 0.6 is 0 Å². The van der Waals surface area contributed by atoms with Gasteiger partial charge in [0.25, 0.3) is 0 Å². The first-order valence-electron chi connectivity index (χ1n) is 6.15. The number of phenolic OH excluding ortho intramolecular Hbond substituents is 1. The zero-order chi connectivity index (χ0) is 13.5. The van der Waals surface area contributed by atoms with Crippen molar-refractivity contribution in [1.82, 2.24) is 4.98 Å². The van der Waals surface area contributed by atoms with Gasteiger partial charge in [-0.25, -0.2) is 0 Å². The van der Waals surface area contributed by atoms with Crippen molar-refractivity contribution in [2.24, 2.45) is 4.99 Å². The van der Waals surface area contributed by atoms with Crippen molar-refractivity contribution in [2.75, 3.05) is 6.61 Å². The molecule has 0 saturated carbocycles. The average molecular weight is 256 g/mol. The number of hydrogen-bond donors (Lipinski definition) is 1. The topological polar surface area (TPSA) is 54.7 Å². The van der Waals surface area contributed by atoms with Gasteiger partial charge in [-0.2, -0.15) is 0 Å². The molecule has 98 valence electrons. The lowest BCUT2D eigenvalue weighted by molar-refractivity contribution is 0.318. The maximum atomic E-state index is 9.99. The lowest BCUT2D eigenvalue weighted by Gasteiger charge is -2.07. The van der Waals surface area contributed by atoms with Gasteiger partial charge in [-0.3, -0.25) is 9.98 Å². The fourth-order valence-electron chi connectivity index (χ4n) is 1.64. The van der Waals surface area contributed by atoms with Crippen molar-refractivity contribution in [3.63, 3.8) is 0 Å². The molecule has 4 heteroatoms. The molecule has 0 fully saturated rings. The molecule has 0 radical (unpaired) electrons. The number of aromatic nitrogens is 1. The molecule has 1 aromatic heterocycles. The van der Waals surface area contributed by atoms with Crippen LogP contribution in [0.3, 0.4) is 0 Å². The van der Waals surface area contributed by atoms with Crippen molar-refractivity contribution in [3.05, 3.63) is 53.9 Å². The minimum absolute atomic E-state index is 0.120. The quantitative estimate of drug-likeness (QED) is 0.837. The Hall–Kier alpha value is -2.36. The number of para-hydroxylation sites is 1. The van der Waals surface area contributed by atoms with Crippen LogP contribution in [0, 0.1) is 0 Å². The molecule has 0 saturated heterocycles. The highest BCUT2D eigenvalue weighted by Gasteiger charge is 2.05. The molecule has 0 atom stereocenters. The van der Waals surface area contributed by atoms with Crippen molar-refractivity contribution in [1.29, 1.82) is 0 Å². The SMILES string of the molecule is CCOc1cccc(C=NCc2ccccn2)c1O. The molecule has 0 aliphatic carbocycles. The number of pyridine rings is 1. The van der Waals surface area contributed by atoms with Crippen LogP contribution in [0.25, 0.3) is 0 Å². The van der Waals surface area contributed by atoms with Crippen LogP contribution in [0.2, 0.25) is 0 Å². The molecule has 2 aromatic rings. The summed E-state index contributed by atoms with van der Waals surface area (Å²) in [5, 5.41) is 9.99. The van der Waals surface area contributed by atoms with E-state index in [9.17, 15) is 5.11 Å². The van der Waals surface area contributed by atoms with E-state index < -0.39 is 0 Å². The minimum Gasteiger partial charge on any atom is -0.504 e. The second-order valence-corrected chi connectivity index (χ2v) is 3.92. The van der Waals surface area contributed by atoms with Crippen LogP contribution in [-0.2, 0) is 6.54 Å². The molecule has 2 rings (SSSR count). The fourth-order valence-corrected chi connectivity index (χ4v) is 1.64. The fraction of sp³-hybridized carbons (Fsp3) is 0.200. The highest BCUT2D eigenvalue weighted by atomic mass is 16.5. The Morgan fingerprint density at radius 3 is 2.89 bits per heavy atom. The number of nitrogens with zero attached hydrogens (tertiary/aromatic N) is 2. The van der Waals surface area contributed by atoms with Gasteiger partial charge in [0.05, 0.1) is 18.8 Å². The third kappa shape index (κ3) is 3.55. The summed E-state index contributed by atoms with van der Waals surface area (Å²) in [4.78, 5) is 8.45. The normalized spacial score (nSPS) is 10.8. The summed E-state index contributed by atoms with van der Waals surface area (Å²) in [7, 11) is 0. The van der Waals surface area contributed by atoms with Crippen LogP contribution in [0.1, 0.15) is 18.2 Å². The van der Waals surface area contributed by atoms with Crippen molar-refractivity contribution in [3.8, 4) is 11.5 Å². The van der Waals surface area contributed by atoms with E-state index in [0.29, 0.717) is 24.5 Å². The number of benzene rings is 1. The number of aromatic hydroxyl groups is 1. The highest BCUT2D eigenvalue weighted by molar-refractivity contribution is 5.84. The number of ether oxygens (including phenoxy) is 1. The smallest absolute Gasteiger partial charge is 0.166 e. The number of hydrogen-bond acceptors (Lipinski definition) is 4. The molecule has 0 spiro atoms. The van der Waals surface area contributed by atoms with E-state index in [1.165, 1.54) is 0 Å². The average Bonchev–Trinajstić information content (AvgIpc) is 2.44. The van der Waals surface area contributed by atoms with E-state index in [0.717, 1.165) is 5.69 Å². The Bertz CT molecular complexity index is 553. The van der Waals surface area contributed by atoms with Crippen LogP contribution in [0.4, 0.5) is 0 Å². The summed E-state index contributed by atoms with van der Waals surface area (Å²) in [6.07, 6.45) is 3.37. The molecule has 0 aliphatic heterocycles. The molecule has 1 heterocycles. The number of aliphatic imine (C=N–C) groups is 1. The Morgan fingerprint density at radius 1 is 1.26 bits per heavy atom. The minimum atomic E-state index is 0.120. The van der Waals surface area contributed by atoms with Gasteiger partial charge < -0.3 is 9.84 Å². The van der Waals surface area contributed by atoms with Crippen molar-refractivity contribution in [2.45, 2.75) is 13.5 Å². The summed E-state index contributed by atoms with van der Waals surface area (Å²) < 4.78 is 5.32. The van der Waals surface area contributed by atoms with Crippen LogP contribution in [0.5, 0.6) is 11.5 Å². The molecular weight excluding hydrogens is 240 g/mol. The molecule has 0 amide bonds. The van der Waals surface area contributed by atoms with E-state index in [1.807, 2.05) is 31.2 Å². The molecule has 1 N–H and O–H groups in total. The van der Waals surface area contributed by atoms with Gasteiger partial charge in [0.1, 0.15) is 0 Å². The largest absolute Gasteiger partial charge is 0.504 e. The molecule has 0 bridgehead atoms. The molecule has 1 aromatic carbocycles. The zero-order valence-corrected chi connectivity index (χ0v) is 10.8.